The Balaban J connectivity index is 0.00000338. The van der Waals surface area contributed by atoms with E-state index >= 15 is 0 Å². The standard InChI is InChI=1S/C17H16F4N2O2.Cs/c1-11(17(19,20)21)25-16-9-13(5-6-22-16)10-23-15(24)8-12-3-2-4-14(18)7-12;/h2-7,9,11H,8,10H2,1H3,(H,23,24);. The molecule has 9 heteroatoms. The van der Waals surface area contributed by atoms with E-state index in [-0.39, 0.29) is 93.6 Å². The molecule has 0 aliphatic carbocycles. The predicted octanol–water partition coefficient (Wildman–Crippen LogP) is 3.03. The Hall–Kier alpha value is -0.588. The molecular weight excluding hydrogens is 473 g/mol. The molecule has 0 saturated carbocycles. The Kier molecular flexibility index (Phi) is 9.62. The van der Waals surface area contributed by atoms with Crippen LogP contribution in [0.1, 0.15) is 18.1 Å². The largest absolute Gasteiger partial charge is 0.465 e. The van der Waals surface area contributed by atoms with Crippen LogP contribution in [0.4, 0.5) is 17.6 Å². The molecule has 2 aromatic rings. The molecule has 1 aromatic carbocycles. The van der Waals surface area contributed by atoms with Gasteiger partial charge in [0.05, 0.1) is 6.42 Å². The Labute approximate surface area is 207 Å². The van der Waals surface area contributed by atoms with Crippen LogP contribution in [0.2, 0.25) is 0 Å². The Morgan fingerprint density at radius 2 is 1.96 bits per heavy atom. The van der Waals surface area contributed by atoms with Crippen molar-refractivity contribution in [3.8, 4) is 5.88 Å². The van der Waals surface area contributed by atoms with E-state index in [4.69, 9.17) is 4.74 Å². The number of hydrogen-bond donors (Lipinski definition) is 1. The molecule has 1 radical (unpaired) electrons. The van der Waals surface area contributed by atoms with E-state index in [1.165, 1.54) is 30.5 Å². The smallest absolute Gasteiger partial charge is 0.425 e. The summed E-state index contributed by atoms with van der Waals surface area (Å²) in [5, 5.41) is 2.61. The molecule has 0 saturated heterocycles. The van der Waals surface area contributed by atoms with Crippen LogP contribution in [-0.2, 0) is 17.8 Å². The molecular formula is C17H16CsF4N2O2. The van der Waals surface area contributed by atoms with Crippen LogP contribution in [-0.4, -0.2) is 92.1 Å². The fraction of sp³-hybridized carbons (Fsp3) is 0.294. The van der Waals surface area contributed by atoms with Crippen LogP contribution >= 0.6 is 0 Å². The van der Waals surface area contributed by atoms with E-state index < -0.39 is 18.1 Å². The minimum atomic E-state index is -4.49. The molecule has 135 valence electrons. The molecule has 1 heterocycles. The number of carbonyl (C=O) groups excluding carboxylic acids is 1. The summed E-state index contributed by atoms with van der Waals surface area (Å²) in [6.07, 6.45) is -5.18. The van der Waals surface area contributed by atoms with Gasteiger partial charge in [0.25, 0.3) is 0 Å². The number of benzene rings is 1. The molecule has 1 aromatic heterocycles. The molecule has 1 amide bonds. The molecule has 26 heavy (non-hydrogen) atoms. The van der Waals surface area contributed by atoms with Crippen LogP contribution in [0.15, 0.2) is 42.6 Å². The van der Waals surface area contributed by atoms with Crippen molar-refractivity contribution in [3.05, 3.63) is 59.5 Å². The molecule has 1 unspecified atom stereocenters. The van der Waals surface area contributed by atoms with Crippen molar-refractivity contribution in [2.24, 2.45) is 0 Å². The van der Waals surface area contributed by atoms with E-state index in [1.807, 2.05) is 0 Å². The summed E-state index contributed by atoms with van der Waals surface area (Å²) in [7, 11) is 0. The van der Waals surface area contributed by atoms with Gasteiger partial charge in [0.2, 0.25) is 11.8 Å². The van der Waals surface area contributed by atoms with Gasteiger partial charge in [0, 0.05) is 87.7 Å². The SMILES string of the molecule is CC(Oc1cc(CNC(=O)Cc2cccc(F)c2)ccn1)C(F)(F)F.[Cs]. The average molecular weight is 489 g/mol. The molecule has 0 fully saturated rings. The van der Waals surface area contributed by atoms with E-state index in [1.54, 1.807) is 12.1 Å². The van der Waals surface area contributed by atoms with Crippen molar-refractivity contribution in [1.29, 1.82) is 0 Å². The van der Waals surface area contributed by atoms with E-state index in [0.29, 0.717) is 11.1 Å². The zero-order valence-electron chi connectivity index (χ0n) is 14.3. The molecule has 4 nitrogen and oxygen atoms in total. The van der Waals surface area contributed by atoms with Crippen molar-refractivity contribution < 1.29 is 27.1 Å². The van der Waals surface area contributed by atoms with Crippen LogP contribution in [0.25, 0.3) is 0 Å². The van der Waals surface area contributed by atoms with Crippen molar-refractivity contribution in [3.63, 3.8) is 0 Å². The third-order valence-electron chi connectivity index (χ3n) is 3.30. The first-order chi connectivity index (χ1) is 11.7. The van der Waals surface area contributed by atoms with E-state index in [0.717, 1.165) is 6.92 Å². The third kappa shape index (κ3) is 7.97. The summed E-state index contributed by atoms with van der Waals surface area (Å²) in [6, 6.07) is 8.54. The number of hydrogen-bond acceptors (Lipinski definition) is 3. The summed E-state index contributed by atoms with van der Waals surface area (Å²) in [6.45, 7) is 0.975. The minimum absolute atomic E-state index is 0. The molecule has 0 aliphatic rings. The number of rotatable bonds is 6. The number of amides is 1. The van der Waals surface area contributed by atoms with Gasteiger partial charge in [-0.3, -0.25) is 4.79 Å². The van der Waals surface area contributed by atoms with Gasteiger partial charge in [0.15, 0.2) is 6.10 Å². The Bertz CT molecular complexity index is 741. The summed E-state index contributed by atoms with van der Waals surface area (Å²) < 4.78 is 55.3. The Morgan fingerprint density at radius 1 is 1.23 bits per heavy atom. The van der Waals surface area contributed by atoms with Gasteiger partial charge in [-0.2, -0.15) is 13.2 Å². The summed E-state index contributed by atoms with van der Waals surface area (Å²) in [5.74, 6) is -0.949. The quantitative estimate of drug-likeness (QED) is 0.636. The Morgan fingerprint density at radius 3 is 2.62 bits per heavy atom. The summed E-state index contributed by atoms with van der Waals surface area (Å²) >= 11 is 0. The first kappa shape index (κ1) is 23.5. The second kappa shape index (κ2) is 10.7. The maximum Gasteiger partial charge on any atom is 0.425 e. The minimum Gasteiger partial charge on any atom is -0.465 e. The summed E-state index contributed by atoms with van der Waals surface area (Å²) in [5.41, 5.74) is 1.06. The van der Waals surface area contributed by atoms with Gasteiger partial charge in [-0.1, -0.05) is 12.1 Å². The third-order valence-corrected chi connectivity index (χ3v) is 3.30. The molecule has 0 spiro atoms. The van der Waals surface area contributed by atoms with Gasteiger partial charge in [-0.15, -0.1) is 0 Å². The molecule has 1 N–H and O–H groups in total. The van der Waals surface area contributed by atoms with Crippen LogP contribution in [0.3, 0.4) is 0 Å². The number of ether oxygens (including phenoxy) is 1. The van der Waals surface area contributed by atoms with Gasteiger partial charge >= 0.3 is 6.18 Å². The van der Waals surface area contributed by atoms with Crippen LogP contribution in [0.5, 0.6) is 5.88 Å². The van der Waals surface area contributed by atoms with Crippen molar-refractivity contribution >= 4 is 74.8 Å². The maximum absolute atomic E-state index is 13.1. The summed E-state index contributed by atoms with van der Waals surface area (Å²) in [4.78, 5) is 15.6. The van der Waals surface area contributed by atoms with Gasteiger partial charge in [-0.25, -0.2) is 9.37 Å². The first-order valence-electron chi connectivity index (χ1n) is 7.43. The molecule has 0 bridgehead atoms. The van der Waals surface area contributed by atoms with Crippen LogP contribution < -0.4 is 10.1 Å². The van der Waals surface area contributed by atoms with Crippen LogP contribution in [0, 0.1) is 5.82 Å². The van der Waals surface area contributed by atoms with E-state index in [9.17, 15) is 22.4 Å². The van der Waals surface area contributed by atoms with Crippen molar-refractivity contribution in [1.82, 2.24) is 10.3 Å². The normalized spacial score (nSPS) is 12.0. The number of halogens is 4. The number of alkyl halides is 3. The number of nitrogens with one attached hydrogen (secondary N) is 1. The second-order valence-corrected chi connectivity index (χ2v) is 5.39. The van der Waals surface area contributed by atoms with Crippen molar-refractivity contribution in [2.75, 3.05) is 0 Å². The number of aromatic nitrogens is 1. The predicted molar refractivity (Wildman–Crippen MR) is 88.1 cm³/mol. The monoisotopic (exact) mass is 489 g/mol. The maximum atomic E-state index is 13.1. The van der Waals surface area contributed by atoms with Crippen molar-refractivity contribution in [2.45, 2.75) is 32.2 Å². The zero-order valence-corrected chi connectivity index (χ0v) is 20.6. The second-order valence-electron chi connectivity index (χ2n) is 5.39. The average Bonchev–Trinajstić information content (AvgIpc) is 2.52. The number of pyridine rings is 1. The molecule has 2 rings (SSSR count). The molecule has 1 atom stereocenters. The zero-order chi connectivity index (χ0) is 18.4. The van der Waals surface area contributed by atoms with Gasteiger partial charge in [0.1, 0.15) is 5.82 Å². The number of nitrogens with zero attached hydrogens (tertiary/aromatic N) is 1. The fourth-order valence-corrected chi connectivity index (χ4v) is 1.97. The fourth-order valence-electron chi connectivity index (χ4n) is 1.97. The first-order valence-corrected chi connectivity index (χ1v) is 7.43. The van der Waals surface area contributed by atoms with E-state index in [2.05, 4.69) is 10.3 Å². The van der Waals surface area contributed by atoms with Gasteiger partial charge in [-0.05, 0) is 36.2 Å². The number of carbonyl (C=O) groups is 1. The topological polar surface area (TPSA) is 51.2 Å². The molecule has 0 aliphatic heterocycles. The van der Waals surface area contributed by atoms with Gasteiger partial charge < -0.3 is 10.1 Å².